The van der Waals surface area contributed by atoms with E-state index in [-0.39, 0.29) is 10.6 Å². The van der Waals surface area contributed by atoms with Gasteiger partial charge in [0.2, 0.25) is 0 Å². The van der Waals surface area contributed by atoms with Gasteiger partial charge in [-0.1, -0.05) is 39.0 Å². The standard InChI is InChI=1S/C15H22N2O2/c1-2-3-4-5-6-7-12-11-16-15-9-8-13(17(18)19)10-14(12)15/h8-10,12,16H,2-7,11H2,1H3. The van der Waals surface area contributed by atoms with E-state index in [1.165, 1.54) is 32.1 Å². The quantitative estimate of drug-likeness (QED) is 0.448. The number of rotatable bonds is 7. The van der Waals surface area contributed by atoms with Crippen LogP contribution < -0.4 is 5.32 Å². The molecule has 0 saturated carbocycles. The fraction of sp³-hybridized carbons (Fsp3) is 0.600. The Kier molecular flexibility index (Phi) is 4.77. The first-order chi connectivity index (χ1) is 9.22. The van der Waals surface area contributed by atoms with Gasteiger partial charge in [-0.15, -0.1) is 0 Å². The van der Waals surface area contributed by atoms with Crippen LogP contribution in [0.3, 0.4) is 0 Å². The van der Waals surface area contributed by atoms with Crippen LogP contribution in [0.2, 0.25) is 0 Å². The van der Waals surface area contributed by atoms with Gasteiger partial charge in [-0.25, -0.2) is 0 Å². The summed E-state index contributed by atoms with van der Waals surface area (Å²) in [4.78, 5) is 10.5. The maximum absolute atomic E-state index is 10.8. The second-order valence-electron chi connectivity index (χ2n) is 5.31. The van der Waals surface area contributed by atoms with Crippen molar-refractivity contribution < 1.29 is 4.92 Å². The maximum Gasteiger partial charge on any atom is 0.269 e. The lowest BCUT2D eigenvalue weighted by Gasteiger charge is -2.09. The SMILES string of the molecule is CCCCCCCC1CNc2ccc([N+](=O)[O-])cc21. The van der Waals surface area contributed by atoms with Crippen LogP contribution in [0.25, 0.3) is 0 Å². The summed E-state index contributed by atoms with van der Waals surface area (Å²) in [5, 5.41) is 14.2. The molecule has 0 bridgehead atoms. The second kappa shape index (κ2) is 6.55. The van der Waals surface area contributed by atoms with Gasteiger partial charge >= 0.3 is 0 Å². The molecule has 1 heterocycles. The Labute approximate surface area is 114 Å². The van der Waals surface area contributed by atoms with Crippen LogP contribution >= 0.6 is 0 Å². The average molecular weight is 262 g/mol. The Balaban J connectivity index is 1.92. The fourth-order valence-corrected chi connectivity index (χ4v) is 2.76. The summed E-state index contributed by atoms with van der Waals surface area (Å²) in [6.07, 6.45) is 7.50. The van der Waals surface area contributed by atoms with Gasteiger partial charge < -0.3 is 5.32 Å². The van der Waals surface area contributed by atoms with Crippen molar-refractivity contribution in [1.29, 1.82) is 0 Å². The minimum absolute atomic E-state index is 0.207. The first-order valence-corrected chi connectivity index (χ1v) is 7.24. The van der Waals surface area contributed by atoms with Crippen molar-refractivity contribution in [3.05, 3.63) is 33.9 Å². The molecule has 1 aliphatic rings. The van der Waals surface area contributed by atoms with Gasteiger partial charge in [0.25, 0.3) is 5.69 Å². The Morgan fingerprint density at radius 3 is 2.84 bits per heavy atom. The van der Waals surface area contributed by atoms with Crippen molar-refractivity contribution in [1.82, 2.24) is 0 Å². The molecule has 0 spiro atoms. The van der Waals surface area contributed by atoms with Crippen LogP contribution in [0, 0.1) is 10.1 Å². The molecule has 4 nitrogen and oxygen atoms in total. The molecule has 1 aromatic carbocycles. The van der Waals surface area contributed by atoms with E-state index in [0.29, 0.717) is 5.92 Å². The topological polar surface area (TPSA) is 55.2 Å². The third kappa shape index (κ3) is 3.46. The lowest BCUT2D eigenvalue weighted by atomic mass is 9.94. The van der Waals surface area contributed by atoms with Crippen molar-refractivity contribution in [2.75, 3.05) is 11.9 Å². The van der Waals surface area contributed by atoms with Crippen molar-refractivity contribution in [3.63, 3.8) is 0 Å². The van der Waals surface area contributed by atoms with Gasteiger partial charge in [0.05, 0.1) is 4.92 Å². The molecule has 1 atom stereocenters. The Morgan fingerprint density at radius 2 is 2.11 bits per heavy atom. The highest BCUT2D eigenvalue weighted by molar-refractivity contribution is 5.61. The number of hydrogen-bond donors (Lipinski definition) is 1. The Bertz CT molecular complexity index is 446. The first kappa shape index (κ1) is 13.8. The van der Waals surface area contributed by atoms with E-state index < -0.39 is 0 Å². The highest BCUT2D eigenvalue weighted by Crippen LogP contribution is 2.36. The van der Waals surface area contributed by atoms with E-state index in [1.807, 2.05) is 6.07 Å². The molecule has 1 aliphatic heterocycles. The summed E-state index contributed by atoms with van der Waals surface area (Å²) in [6, 6.07) is 5.16. The number of nitrogens with one attached hydrogen (secondary N) is 1. The van der Waals surface area contributed by atoms with E-state index in [1.54, 1.807) is 12.1 Å². The zero-order valence-electron chi connectivity index (χ0n) is 11.5. The highest BCUT2D eigenvalue weighted by atomic mass is 16.6. The number of unbranched alkanes of at least 4 members (excludes halogenated alkanes) is 4. The lowest BCUT2D eigenvalue weighted by molar-refractivity contribution is -0.384. The number of fused-ring (bicyclic) bond motifs is 1. The van der Waals surface area contributed by atoms with Gasteiger partial charge in [0.15, 0.2) is 0 Å². The third-order valence-corrected chi connectivity index (χ3v) is 3.88. The summed E-state index contributed by atoms with van der Waals surface area (Å²) in [5.41, 5.74) is 2.41. The minimum atomic E-state index is -0.309. The molecule has 0 aromatic heterocycles. The summed E-state index contributed by atoms with van der Waals surface area (Å²) in [7, 11) is 0. The van der Waals surface area contributed by atoms with Crippen molar-refractivity contribution >= 4 is 11.4 Å². The summed E-state index contributed by atoms with van der Waals surface area (Å²) < 4.78 is 0. The van der Waals surface area contributed by atoms with E-state index in [2.05, 4.69) is 12.2 Å². The van der Waals surface area contributed by atoms with Gasteiger partial charge in [-0.2, -0.15) is 0 Å². The van der Waals surface area contributed by atoms with Crippen LogP contribution in [0.5, 0.6) is 0 Å². The Morgan fingerprint density at radius 1 is 1.32 bits per heavy atom. The Hall–Kier alpha value is -1.58. The van der Waals surface area contributed by atoms with Gasteiger partial charge in [-0.3, -0.25) is 10.1 Å². The molecule has 0 saturated heterocycles. The average Bonchev–Trinajstić information content (AvgIpc) is 2.81. The predicted octanol–water partition coefficient (Wildman–Crippen LogP) is 4.46. The van der Waals surface area contributed by atoms with E-state index in [0.717, 1.165) is 24.2 Å². The summed E-state index contributed by atoms with van der Waals surface area (Å²) in [5.74, 6) is 0.441. The van der Waals surface area contributed by atoms with E-state index in [4.69, 9.17) is 0 Å². The van der Waals surface area contributed by atoms with Crippen LogP contribution in [-0.2, 0) is 0 Å². The van der Waals surface area contributed by atoms with Crippen LogP contribution in [0.15, 0.2) is 18.2 Å². The molecule has 4 heteroatoms. The zero-order chi connectivity index (χ0) is 13.7. The summed E-state index contributed by atoms with van der Waals surface area (Å²) >= 11 is 0. The predicted molar refractivity (Wildman–Crippen MR) is 77.7 cm³/mol. The van der Waals surface area contributed by atoms with E-state index >= 15 is 0 Å². The molecule has 104 valence electrons. The number of hydrogen-bond acceptors (Lipinski definition) is 3. The molecular weight excluding hydrogens is 240 g/mol. The van der Waals surface area contributed by atoms with Crippen LogP contribution in [0.4, 0.5) is 11.4 Å². The van der Waals surface area contributed by atoms with Gasteiger partial charge in [-0.05, 0) is 18.1 Å². The summed E-state index contributed by atoms with van der Waals surface area (Å²) in [6.45, 7) is 3.14. The molecule has 19 heavy (non-hydrogen) atoms. The molecule has 0 amide bonds. The smallest absolute Gasteiger partial charge is 0.269 e. The van der Waals surface area contributed by atoms with Gasteiger partial charge in [0, 0.05) is 30.3 Å². The second-order valence-corrected chi connectivity index (χ2v) is 5.31. The fourth-order valence-electron chi connectivity index (χ4n) is 2.76. The number of non-ortho nitro benzene ring substituents is 1. The lowest BCUT2D eigenvalue weighted by Crippen LogP contribution is -2.02. The van der Waals surface area contributed by atoms with Crippen LogP contribution in [0.1, 0.15) is 56.9 Å². The maximum atomic E-state index is 10.8. The van der Waals surface area contributed by atoms with Gasteiger partial charge in [0.1, 0.15) is 0 Å². The number of nitro benzene ring substituents is 1. The molecular formula is C15H22N2O2. The third-order valence-electron chi connectivity index (χ3n) is 3.88. The molecule has 1 aromatic rings. The van der Waals surface area contributed by atoms with Crippen molar-refractivity contribution in [2.24, 2.45) is 0 Å². The highest BCUT2D eigenvalue weighted by Gasteiger charge is 2.23. The molecule has 0 radical (unpaired) electrons. The molecule has 1 unspecified atom stereocenters. The molecule has 2 rings (SSSR count). The molecule has 0 aliphatic carbocycles. The zero-order valence-corrected chi connectivity index (χ0v) is 11.5. The number of benzene rings is 1. The van der Waals surface area contributed by atoms with Crippen molar-refractivity contribution in [3.8, 4) is 0 Å². The monoisotopic (exact) mass is 262 g/mol. The van der Waals surface area contributed by atoms with Crippen molar-refractivity contribution in [2.45, 2.75) is 51.4 Å². The largest absolute Gasteiger partial charge is 0.384 e. The first-order valence-electron chi connectivity index (χ1n) is 7.24. The number of nitro groups is 1. The van der Waals surface area contributed by atoms with Crippen LogP contribution in [-0.4, -0.2) is 11.5 Å². The molecule has 0 fully saturated rings. The van der Waals surface area contributed by atoms with E-state index in [9.17, 15) is 10.1 Å². The number of nitrogens with zero attached hydrogens (tertiary/aromatic N) is 1. The normalized spacial score (nSPS) is 17.0. The number of anilines is 1. The minimum Gasteiger partial charge on any atom is -0.384 e. The molecule has 1 N–H and O–H groups in total.